The van der Waals surface area contributed by atoms with Crippen LogP contribution in [0.4, 0.5) is 0 Å². The first kappa shape index (κ1) is 14.9. The van der Waals surface area contributed by atoms with Crippen molar-refractivity contribution in [2.45, 2.75) is 6.54 Å². The average molecular weight is 355 g/mol. The van der Waals surface area contributed by atoms with Gasteiger partial charge in [-0.2, -0.15) is 0 Å². The number of rotatable bonds is 5. The van der Waals surface area contributed by atoms with Crippen LogP contribution in [0.1, 0.15) is 15.4 Å². The monoisotopic (exact) mass is 355 g/mol. The third-order valence-corrected chi connectivity index (χ3v) is 5.21. The van der Waals surface area contributed by atoms with Gasteiger partial charge in [0.2, 0.25) is 5.89 Å². The fourth-order valence-electron chi connectivity index (χ4n) is 2.32. The molecule has 4 aromatic rings. The summed E-state index contributed by atoms with van der Waals surface area (Å²) in [5.41, 5.74) is 1.58. The van der Waals surface area contributed by atoms with E-state index in [-0.39, 0.29) is 5.91 Å². The second kappa shape index (κ2) is 6.46. The third-order valence-electron chi connectivity index (χ3n) is 3.45. The lowest BCUT2D eigenvalue weighted by Crippen LogP contribution is -2.23. The molecule has 7 heteroatoms. The Hall–Kier alpha value is -2.64. The van der Waals surface area contributed by atoms with Crippen LogP contribution in [0, 0.1) is 0 Å². The molecule has 0 aliphatic rings. The molecule has 0 unspecified atom stereocenters. The molecule has 0 aliphatic carbocycles. The molecule has 4 heterocycles. The maximum atomic E-state index is 12.5. The summed E-state index contributed by atoms with van der Waals surface area (Å²) in [4.78, 5) is 18.5. The van der Waals surface area contributed by atoms with Crippen molar-refractivity contribution in [3.63, 3.8) is 0 Å². The van der Waals surface area contributed by atoms with Gasteiger partial charge in [0.25, 0.3) is 5.91 Å². The van der Waals surface area contributed by atoms with E-state index in [1.807, 2.05) is 58.1 Å². The van der Waals surface area contributed by atoms with Crippen LogP contribution in [0.3, 0.4) is 0 Å². The zero-order valence-corrected chi connectivity index (χ0v) is 14.1. The molecular formula is C17H13N3O2S2. The molecule has 4 rings (SSSR count). The molecule has 0 saturated carbocycles. The Labute approximate surface area is 146 Å². The average Bonchev–Trinajstić information content (AvgIpc) is 3.40. The van der Waals surface area contributed by atoms with Gasteiger partial charge in [0.1, 0.15) is 11.1 Å². The number of thiophene rings is 2. The van der Waals surface area contributed by atoms with Crippen LogP contribution in [-0.2, 0) is 6.54 Å². The molecule has 1 amide bonds. The smallest absolute Gasteiger partial charge is 0.263 e. The van der Waals surface area contributed by atoms with E-state index in [0.717, 1.165) is 10.6 Å². The SMILES string of the molecule is O=C(NCc1coc(-c2cccs2)n1)c1sccc1-n1cccc1. The molecule has 0 aliphatic heterocycles. The molecule has 0 aromatic carbocycles. The molecule has 1 N–H and O–H groups in total. The van der Waals surface area contributed by atoms with Gasteiger partial charge in [-0.1, -0.05) is 6.07 Å². The van der Waals surface area contributed by atoms with Crippen LogP contribution in [0.25, 0.3) is 16.5 Å². The summed E-state index contributed by atoms with van der Waals surface area (Å²) >= 11 is 2.99. The van der Waals surface area contributed by atoms with Crippen LogP contribution in [-0.4, -0.2) is 15.5 Å². The van der Waals surface area contributed by atoms with E-state index in [9.17, 15) is 4.79 Å². The quantitative estimate of drug-likeness (QED) is 0.584. The summed E-state index contributed by atoms with van der Waals surface area (Å²) in [6, 6.07) is 9.70. The highest BCUT2D eigenvalue weighted by Gasteiger charge is 2.15. The number of carbonyl (C=O) groups excluding carboxylic acids is 1. The number of aromatic nitrogens is 2. The largest absolute Gasteiger partial charge is 0.443 e. The number of hydrogen-bond acceptors (Lipinski definition) is 5. The zero-order chi connectivity index (χ0) is 16.4. The fourth-order valence-corrected chi connectivity index (χ4v) is 3.79. The lowest BCUT2D eigenvalue weighted by Gasteiger charge is -2.05. The van der Waals surface area contributed by atoms with E-state index in [1.165, 1.54) is 11.3 Å². The topological polar surface area (TPSA) is 60.1 Å². The standard InChI is InChI=1S/C17H13N3O2S2/c21-16(15-13(5-9-24-15)20-6-1-2-7-20)18-10-12-11-22-17(19-12)14-4-3-8-23-14/h1-9,11H,10H2,(H,18,21). The second-order valence-electron chi connectivity index (χ2n) is 5.03. The first-order valence-corrected chi connectivity index (χ1v) is 9.04. The van der Waals surface area contributed by atoms with Crippen LogP contribution in [0.2, 0.25) is 0 Å². The Morgan fingerprint density at radius 1 is 1.17 bits per heavy atom. The highest BCUT2D eigenvalue weighted by molar-refractivity contribution is 7.13. The Morgan fingerprint density at radius 3 is 2.83 bits per heavy atom. The normalized spacial score (nSPS) is 10.8. The highest BCUT2D eigenvalue weighted by atomic mass is 32.1. The molecule has 0 fully saturated rings. The molecule has 0 bridgehead atoms. The Morgan fingerprint density at radius 2 is 2.04 bits per heavy atom. The van der Waals surface area contributed by atoms with Crippen LogP contribution in [0.5, 0.6) is 0 Å². The van der Waals surface area contributed by atoms with E-state index in [1.54, 1.807) is 17.6 Å². The summed E-state index contributed by atoms with van der Waals surface area (Å²) in [5.74, 6) is 0.466. The van der Waals surface area contributed by atoms with E-state index in [0.29, 0.717) is 23.0 Å². The summed E-state index contributed by atoms with van der Waals surface area (Å²) in [5, 5.41) is 6.79. The van der Waals surface area contributed by atoms with Gasteiger partial charge in [0.05, 0.1) is 22.8 Å². The van der Waals surface area contributed by atoms with Crippen molar-refractivity contribution in [3.8, 4) is 16.5 Å². The second-order valence-corrected chi connectivity index (χ2v) is 6.89. The van der Waals surface area contributed by atoms with E-state index in [2.05, 4.69) is 10.3 Å². The van der Waals surface area contributed by atoms with Gasteiger partial charge in [-0.3, -0.25) is 4.79 Å². The summed E-state index contributed by atoms with van der Waals surface area (Å²) in [7, 11) is 0. The van der Waals surface area contributed by atoms with Crippen molar-refractivity contribution in [1.82, 2.24) is 14.9 Å². The maximum absolute atomic E-state index is 12.5. The molecule has 0 saturated heterocycles. The van der Waals surface area contributed by atoms with Gasteiger partial charge in [0, 0.05) is 12.4 Å². The number of carbonyl (C=O) groups is 1. The predicted octanol–water partition coefficient (Wildman–Crippen LogP) is 4.19. The van der Waals surface area contributed by atoms with Crippen molar-refractivity contribution < 1.29 is 9.21 Å². The summed E-state index contributed by atoms with van der Waals surface area (Å²) in [6.07, 6.45) is 5.42. The van der Waals surface area contributed by atoms with Crippen molar-refractivity contribution in [2.24, 2.45) is 0 Å². The number of nitrogens with zero attached hydrogens (tertiary/aromatic N) is 2. The van der Waals surface area contributed by atoms with Gasteiger partial charge in [-0.25, -0.2) is 4.98 Å². The lowest BCUT2D eigenvalue weighted by molar-refractivity contribution is 0.0954. The highest BCUT2D eigenvalue weighted by Crippen LogP contribution is 2.24. The number of hydrogen-bond donors (Lipinski definition) is 1. The predicted molar refractivity (Wildman–Crippen MR) is 94.6 cm³/mol. The summed E-state index contributed by atoms with van der Waals surface area (Å²) < 4.78 is 7.39. The van der Waals surface area contributed by atoms with Crippen LogP contribution >= 0.6 is 22.7 Å². The Kier molecular flexibility index (Phi) is 4.02. The fraction of sp³-hybridized carbons (Fsp3) is 0.0588. The van der Waals surface area contributed by atoms with Gasteiger partial charge in [0.15, 0.2) is 0 Å². The van der Waals surface area contributed by atoms with Crippen molar-refractivity contribution in [2.75, 3.05) is 0 Å². The minimum Gasteiger partial charge on any atom is -0.443 e. The maximum Gasteiger partial charge on any atom is 0.263 e. The third kappa shape index (κ3) is 2.91. The molecule has 120 valence electrons. The van der Waals surface area contributed by atoms with Gasteiger partial charge in [-0.05, 0) is 35.0 Å². The molecule has 5 nitrogen and oxygen atoms in total. The minimum absolute atomic E-state index is 0.116. The number of nitrogens with one attached hydrogen (secondary N) is 1. The lowest BCUT2D eigenvalue weighted by atomic mass is 10.3. The molecule has 0 spiro atoms. The Balaban J connectivity index is 1.45. The van der Waals surface area contributed by atoms with Crippen LogP contribution < -0.4 is 5.32 Å². The molecule has 0 atom stereocenters. The van der Waals surface area contributed by atoms with Gasteiger partial charge in [-0.15, -0.1) is 22.7 Å². The minimum atomic E-state index is -0.116. The molecule has 0 radical (unpaired) electrons. The van der Waals surface area contributed by atoms with E-state index >= 15 is 0 Å². The molecular weight excluding hydrogens is 342 g/mol. The van der Waals surface area contributed by atoms with E-state index in [4.69, 9.17) is 4.42 Å². The summed E-state index contributed by atoms with van der Waals surface area (Å²) in [6.45, 7) is 0.330. The van der Waals surface area contributed by atoms with Gasteiger partial charge < -0.3 is 14.3 Å². The number of oxazole rings is 1. The van der Waals surface area contributed by atoms with Crippen molar-refractivity contribution >= 4 is 28.6 Å². The molecule has 4 aromatic heterocycles. The number of amides is 1. The first-order valence-electron chi connectivity index (χ1n) is 7.28. The van der Waals surface area contributed by atoms with E-state index < -0.39 is 0 Å². The van der Waals surface area contributed by atoms with Crippen molar-refractivity contribution in [1.29, 1.82) is 0 Å². The Bertz CT molecular complexity index is 936. The first-order chi connectivity index (χ1) is 11.8. The van der Waals surface area contributed by atoms with Gasteiger partial charge >= 0.3 is 0 Å². The van der Waals surface area contributed by atoms with Crippen molar-refractivity contribution in [3.05, 3.63) is 70.3 Å². The molecule has 24 heavy (non-hydrogen) atoms. The zero-order valence-electron chi connectivity index (χ0n) is 12.5. The van der Waals surface area contributed by atoms with Crippen LogP contribution in [0.15, 0.2) is 64.2 Å².